The van der Waals surface area contributed by atoms with Gasteiger partial charge in [-0.05, 0) is 19.1 Å². The summed E-state index contributed by atoms with van der Waals surface area (Å²) < 4.78 is 0. The zero-order valence-corrected chi connectivity index (χ0v) is 9.97. The van der Waals surface area contributed by atoms with Crippen LogP contribution < -0.4 is 0 Å². The number of carboxylic acids is 1. The van der Waals surface area contributed by atoms with E-state index in [4.69, 9.17) is 16.7 Å². The van der Waals surface area contributed by atoms with E-state index in [1.807, 2.05) is 19.1 Å². The minimum absolute atomic E-state index is 0.113. The zero-order chi connectivity index (χ0) is 11.7. The Labute approximate surface area is 101 Å². The highest BCUT2D eigenvalue weighted by atomic mass is 35.5. The summed E-state index contributed by atoms with van der Waals surface area (Å²) in [6, 6.07) is 7.18. The monoisotopic (exact) mass is 253 g/mol. The number of rotatable bonds is 2. The van der Waals surface area contributed by atoms with Crippen molar-refractivity contribution < 1.29 is 9.90 Å². The largest absolute Gasteiger partial charge is 0.476 e. The molecule has 0 spiro atoms. The Morgan fingerprint density at radius 3 is 2.50 bits per heavy atom. The molecule has 0 fully saturated rings. The fourth-order valence-corrected chi connectivity index (χ4v) is 2.26. The van der Waals surface area contributed by atoms with E-state index in [1.165, 1.54) is 11.3 Å². The quantitative estimate of drug-likeness (QED) is 0.892. The van der Waals surface area contributed by atoms with Gasteiger partial charge >= 0.3 is 5.97 Å². The molecule has 1 heterocycles. The first kappa shape index (κ1) is 11.1. The topological polar surface area (TPSA) is 50.2 Å². The van der Waals surface area contributed by atoms with Crippen molar-refractivity contribution in [1.82, 2.24) is 4.98 Å². The van der Waals surface area contributed by atoms with E-state index in [0.717, 1.165) is 10.4 Å². The SMILES string of the molecule is Cc1sc(C(=O)O)nc1-c1ccc(Cl)cc1. The summed E-state index contributed by atoms with van der Waals surface area (Å²) >= 11 is 6.96. The molecule has 0 radical (unpaired) electrons. The van der Waals surface area contributed by atoms with Gasteiger partial charge in [-0.2, -0.15) is 0 Å². The van der Waals surface area contributed by atoms with Crippen molar-refractivity contribution in [2.75, 3.05) is 0 Å². The number of benzene rings is 1. The first-order valence-electron chi connectivity index (χ1n) is 4.54. The zero-order valence-electron chi connectivity index (χ0n) is 8.40. The Morgan fingerprint density at radius 2 is 2.00 bits per heavy atom. The molecule has 1 aromatic heterocycles. The minimum atomic E-state index is -0.992. The minimum Gasteiger partial charge on any atom is -0.476 e. The van der Waals surface area contributed by atoms with Crippen LogP contribution >= 0.6 is 22.9 Å². The van der Waals surface area contributed by atoms with Crippen LogP contribution in [-0.2, 0) is 0 Å². The van der Waals surface area contributed by atoms with Crippen LogP contribution in [0.4, 0.5) is 0 Å². The predicted octanol–water partition coefficient (Wildman–Crippen LogP) is 3.47. The van der Waals surface area contributed by atoms with Crippen LogP contribution in [0.15, 0.2) is 24.3 Å². The Hall–Kier alpha value is -1.39. The number of aryl methyl sites for hydroxylation is 1. The highest BCUT2D eigenvalue weighted by Crippen LogP contribution is 2.28. The summed E-state index contributed by atoms with van der Waals surface area (Å²) in [6.45, 7) is 1.86. The van der Waals surface area contributed by atoms with Crippen LogP contribution in [-0.4, -0.2) is 16.1 Å². The average molecular weight is 254 g/mol. The molecular formula is C11H8ClNO2S. The maximum atomic E-state index is 10.8. The van der Waals surface area contributed by atoms with Crippen LogP contribution in [0.3, 0.4) is 0 Å². The number of halogens is 1. The van der Waals surface area contributed by atoms with E-state index in [-0.39, 0.29) is 5.01 Å². The molecule has 0 aliphatic heterocycles. The van der Waals surface area contributed by atoms with Crippen molar-refractivity contribution in [3.63, 3.8) is 0 Å². The fourth-order valence-electron chi connectivity index (χ4n) is 1.36. The van der Waals surface area contributed by atoms with Gasteiger partial charge < -0.3 is 5.11 Å². The van der Waals surface area contributed by atoms with E-state index >= 15 is 0 Å². The third-order valence-corrected chi connectivity index (χ3v) is 3.31. The summed E-state index contributed by atoms with van der Waals surface area (Å²) in [7, 11) is 0. The molecular weight excluding hydrogens is 246 g/mol. The van der Waals surface area contributed by atoms with Crippen LogP contribution in [0.25, 0.3) is 11.3 Å². The first-order chi connectivity index (χ1) is 7.58. The maximum absolute atomic E-state index is 10.8. The average Bonchev–Trinajstić information content (AvgIpc) is 2.62. The lowest BCUT2D eigenvalue weighted by Crippen LogP contribution is -1.94. The third kappa shape index (κ3) is 2.08. The van der Waals surface area contributed by atoms with Gasteiger partial charge in [0.2, 0.25) is 5.01 Å². The standard InChI is InChI=1S/C11H8ClNO2S/c1-6-9(13-10(16-6)11(14)15)7-2-4-8(12)5-3-7/h2-5H,1H3,(H,14,15). The molecule has 0 atom stereocenters. The number of aromatic nitrogens is 1. The molecule has 1 aromatic carbocycles. The molecule has 5 heteroatoms. The second kappa shape index (κ2) is 4.23. The van der Waals surface area contributed by atoms with Gasteiger partial charge in [-0.3, -0.25) is 0 Å². The molecule has 2 rings (SSSR count). The van der Waals surface area contributed by atoms with E-state index in [9.17, 15) is 4.79 Å². The van der Waals surface area contributed by atoms with Gasteiger partial charge in [-0.1, -0.05) is 23.7 Å². The van der Waals surface area contributed by atoms with E-state index in [0.29, 0.717) is 10.7 Å². The lowest BCUT2D eigenvalue weighted by Gasteiger charge is -1.97. The van der Waals surface area contributed by atoms with Crippen molar-refractivity contribution in [2.24, 2.45) is 0 Å². The van der Waals surface area contributed by atoms with E-state index < -0.39 is 5.97 Å². The van der Waals surface area contributed by atoms with Gasteiger partial charge in [-0.25, -0.2) is 9.78 Å². The molecule has 0 amide bonds. The number of carboxylic acid groups (broad SMARTS) is 1. The van der Waals surface area contributed by atoms with Crippen molar-refractivity contribution in [3.05, 3.63) is 39.2 Å². The van der Waals surface area contributed by atoms with Crippen LogP contribution in [0.5, 0.6) is 0 Å². The van der Waals surface area contributed by atoms with Gasteiger partial charge in [0.15, 0.2) is 0 Å². The smallest absolute Gasteiger partial charge is 0.365 e. The Kier molecular flexibility index (Phi) is 2.94. The second-order valence-electron chi connectivity index (χ2n) is 3.24. The summed E-state index contributed by atoms with van der Waals surface area (Å²) in [4.78, 5) is 15.8. The number of hydrogen-bond donors (Lipinski definition) is 1. The molecule has 3 nitrogen and oxygen atoms in total. The third-order valence-electron chi connectivity index (χ3n) is 2.10. The molecule has 0 bridgehead atoms. The molecule has 0 aliphatic carbocycles. The second-order valence-corrected chi connectivity index (χ2v) is 4.88. The molecule has 16 heavy (non-hydrogen) atoms. The number of aromatic carboxylic acids is 1. The van der Waals surface area contributed by atoms with E-state index in [1.54, 1.807) is 12.1 Å². The van der Waals surface area contributed by atoms with Crippen LogP contribution in [0.2, 0.25) is 5.02 Å². The van der Waals surface area contributed by atoms with Crippen LogP contribution in [0.1, 0.15) is 14.7 Å². The Balaban J connectivity index is 2.47. The maximum Gasteiger partial charge on any atom is 0.365 e. The van der Waals surface area contributed by atoms with Gasteiger partial charge in [0, 0.05) is 15.5 Å². The normalized spacial score (nSPS) is 10.4. The lowest BCUT2D eigenvalue weighted by molar-refractivity contribution is 0.0696. The van der Waals surface area contributed by atoms with E-state index in [2.05, 4.69) is 4.98 Å². The lowest BCUT2D eigenvalue weighted by atomic mass is 10.1. The summed E-state index contributed by atoms with van der Waals surface area (Å²) in [6.07, 6.45) is 0. The molecule has 82 valence electrons. The van der Waals surface area contributed by atoms with Gasteiger partial charge in [0.25, 0.3) is 0 Å². The highest BCUT2D eigenvalue weighted by Gasteiger charge is 2.14. The number of nitrogens with zero attached hydrogens (tertiary/aromatic N) is 1. The summed E-state index contributed by atoms with van der Waals surface area (Å²) in [5.74, 6) is -0.992. The fraction of sp³-hybridized carbons (Fsp3) is 0.0909. The van der Waals surface area contributed by atoms with Crippen molar-refractivity contribution in [1.29, 1.82) is 0 Å². The first-order valence-corrected chi connectivity index (χ1v) is 5.74. The Bertz CT molecular complexity index is 533. The molecule has 0 unspecified atom stereocenters. The van der Waals surface area contributed by atoms with Gasteiger partial charge in [0.1, 0.15) is 0 Å². The number of hydrogen-bond acceptors (Lipinski definition) is 3. The molecule has 0 saturated carbocycles. The number of thiazole rings is 1. The summed E-state index contributed by atoms with van der Waals surface area (Å²) in [5, 5.41) is 9.60. The van der Waals surface area contributed by atoms with Crippen molar-refractivity contribution >= 4 is 28.9 Å². The number of carbonyl (C=O) groups is 1. The highest BCUT2D eigenvalue weighted by molar-refractivity contribution is 7.13. The molecule has 0 aliphatic rings. The summed E-state index contributed by atoms with van der Waals surface area (Å²) in [5.41, 5.74) is 1.59. The Morgan fingerprint density at radius 1 is 1.38 bits per heavy atom. The van der Waals surface area contributed by atoms with Crippen molar-refractivity contribution in [2.45, 2.75) is 6.92 Å². The predicted molar refractivity (Wildman–Crippen MR) is 64.3 cm³/mol. The van der Waals surface area contributed by atoms with Crippen LogP contribution in [0, 0.1) is 6.92 Å². The van der Waals surface area contributed by atoms with Crippen molar-refractivity contribution in [3.8, 4) is 11.3 Å². The van der Waals surface area contributed by atoms with Gasteiger partial charge in [0.05, 0.1) is 5.69 Å². The molecule has 2 aromatic rings. The molecule has 0 saturated heterocycles. The van der Waals surface area contributed by atoms with Gasteiger partial charge in [-0.15, -0.1) is 11.3 Å². The molecule has 1 N–H and O–H groups in total.